The second-order valence-corrected chi connectivity index (χ2v) is 10.8. The molecule has 7 nitrogen and oxygen atoms in total. The summed E-state index contributed by atoms with van der Waals surface area (Å²) in [4.78, 5) is 24.1. The van der Waals surface area contributed by atoms with Gasteiger partial charge in [-0.2, -0.15) is 0 Å². The summed E-state index contributed by atoms with van der Waals surface area (Å²) in [5.74, 6) is 2.45. The number of hydrogen-bond acceptors (Lipinski definition) is 7. The number of ether oxygens (including phenoxy) is 1. The lowest BCUT2D eigenvalue weighted by Gasteiger charge is -2.33. The molecule has 0 spiro atoms. The van der Waals surface area contributed by atoms with Gasteiger partial charge in [0.25, 0.3) is 0 Å². The summed E-state index contributed by atoms with van der Waals surface area (Å²) in [5.41, 5.74) is 2.94. The second-order valence-electron chi connectivity index (χ2n) is 9.89. The van der Waals surface area contributed by atoms with E-state index < -0.39 is 0 Å². The Hall–Kier alpha value is -3.49. The molecule has 204 valence electrons. The van der Waals surface area contributed by atoms with Crippen molar-refractivity contribution in [1.82, 2.24) is 9.88 Å². The average molecular weight is 546 g/mol. The lowest BCUT2D eigenvalue weighted by atomic mass is 10.1. The molecule has 1 amide bonds. The number of carbonyl (C=O) groups is 1. The first-order valence-electron chi connectivity index (χ1n) is 13.4. The summed E-state index contributed by atoms with van der Waals surface area (Å²) in [6.07, 6.45) is 5.77. The lowest BCUT2D eigenvalue weighted by molar-refractivity contribution is -0.132. The predicted molar refractivity (Wildman–Crippen MR) is 155 cm³/mol. The number of amides is 1. The molecule has 3 heterocycles. The number of anilines is 1. The predicted octanol–water partition coefficient (Wildman–Crippen LogP) is 5.68. The fourth-order valence-electron chi connectivity index (χ4n) is 5.11. The molecule has 2 aromatic heterocycles. The number of rotatable bonds is 10. The van der Waals surface area contributed by atoms with Crippen LogP contribution in [0.4, 0.5) is 5.82 Å². The Kier molecular flexibility index (Phi) is 8.74. The van der Waals surface area contributed by atoms with Crippen molar-refractivity contribution in [1.29, 1.82) is 0 Å². The normalized spacial score (nSPS) is 14.1. The van der Waals surface area contributed by atoms with Crippen LogP contribution in [0.15, 0.2) is 76.2 Å². The molecule has 0 saturated carbocycles. The van der Waals surface area contributed by atoms with Gasteiger partial charge in [0.1, 0.15) is 17.3 Å². The van der Waals surface area contributed by atoms with Crippen molar-refractivity contribution in [3.05, 3.63) is 83.8 Å². The van der Waals surface area contributed by atoms with E-state index >= 15 is 0 Å². The number of piperidine rings is 1. The number of aryl methyl sites for hydroxylation is 1. The molecular weight excluding hydrogens is 510 g/mol. The topological polar surface area (TPSA) is 79.0 Å². The van der Waals surface area contributed by atoms with Gasteiger partial charge in [-0.3, -0.25) is 4.79 Å². The van der Waals surface area contributed by atoms with E-state index in [1.807, 2.05) is 41.3 Å². The van der Waals surface area contributed by atoms with Gasteiger partial charge < -0.3 is 24.1 Å². The molecule has 0 bridgehead atoms. The monoisotopic (exact) mass is 545 g/mol. The summed E-state index contributed by atoms with van der Waals surface area (Å²) in [5, 5.41) is 11.2. The molecule has 0 unspecified atom stereocenters. The summed E-state index contributed by atoms with van der Waals surface area (Å²) in [6, 6.07) is 20.1. The maximum Gasteiger partial charge on any atom is 0.223 e. The van der Waals surface area contributed by atoms with Gasteiger partial charge in [0.15, 0.2) is 0 Å². The number of thioether (sulfide) groups is 1. The van der Waals surface area contributed by atoms with E-state index in [1.54, 1.807) is 25.1 Å². The van der Waals surface area contributed by atoms with Crippen molar-refractivity contribution in [2.45, 2.75) is 49.8 Å². The van der Waals surface area contributed by atoms with Crippen LogP contribution in [0.2, 0.25) is 0 Å². The van der Waals surface area contributed by atoms with Gasteiger partial charge in [0.05, 0.1) is 31.5 Å². The average Bonchev–Trinajstić information content (AvgIpc) is 3.48. The van der Waals surface area contributed by atoms with E-state index in [-0.39, 0.29) is 12.0 Å². The number of aromatic nitrogens is 1. The van der Waals surface area contributed by atoms with Gasteiger partial charge in [-0.1, -0.05) is 24.3 Å². The first kappa shape index (κ1) is 27.1. The molecule has 0 radical (unpaired) electrons. The third-order valence-electron chi connectivity index (χ3n) is 7.29. The lowest BCUT2D eigenvalue weighted by Crippen LogP contribution is -2.38. The smallest absolute Gasteiger partial charge is 0.223 e. The second kappa shape index (κ2) is 12.6. The number of para-hydroxylation sites is 1. The first-order valence-corrected chi connectivity index (χ1v) is 14.6. The summed E-state index contributed by atoms with van der Waals surface area (Å²) >= 11 is 1.69. The van der Waals surface area contributed by atoms with Gasteiger partial charge in [-0.25, -0.2) is 4.98 Å². The minimum atomic E-state index is -0.278. The Labute approximate surface area is 233 Å². The van der Waals surface area contributed by atoms with Crippen molar-refractivity contribution < 1.29 is 19.1 Å². The molecule has 2 aromatic carbocycles. The number of fused-ring (bicyclic) bond motifs is 1. The highest BCUT2D eigenvalue weighted by atomic mass is 32.2. The van der Waals surface area contributed by atoms with Crippen LogP contribution < -0.4 is 9.64 Å². The van der Waals surface area contributed by atoms with Gasteiger partial charge in [0.2, 0.25) is 5.91 Å². The highest BCUT2D eigenvalue weighted by molar-refractivity contribution is 7.98. The SMILES string of the molecule is COc1ccccc1CCC(=O)N(Cc1ccco1)Cc1cc2ccc(SC)cc2nc1N1CCC(O)CC1. The van der Waals surface area contributed by atoms with Gasteiger partial charge in [-0.05, 0) is 67.5 Å². The minimum Gasteiger partial charge on any atom is -0.496 e. The van der Waals surface area contributed by atoms with E-state index in [1.165, 1.54) is 0 Å². The van der Waals surface area contributed by atoms with E-state index in [0.29, 0.717) is 38.8 Å². The molecule has 1 fully saturated rings. The highest BCUT2D eigenvalue weighted by Gasteiger charge is 2.24. The molecule has 1 aliphatic heterocycles. The third kappa shape index (κ3) is 6.57. The number of carbonyl (C=O) groups excluding carboxylic acids is 1. The number of hydrogen-bond donors (Lipinski definition) is 1. The Balaban J connectivity index is 1.46. The zero-order valence-corrected chi connectivity index (χ0v) is 23.3. The molecule has 0 atom stereocenters. The Morgan fingerprint density at radius 2 is 1.92 bits per heavy atom. The molecule has 39 heavy (non-hydrogen) atoms. The number of aliphatic hydroxyl groups excluding tert-OH is 1. The molecule has 8 heteroatoms. The van der Waals surface area contributed by atoms with Crippen LogP contribution in [-0.4, -0.2) is 53.5 Å². The molecule has 4 aromatic rings. The third-order valence-corrected chi connectivity index (χ3v) is 8.01. The number of aliphatic hydroxyl groups is 1. The number of methoxy groups -OCH3 is 1. The van der Waals surface area contributed by atoms with Crippen molar-refractivity contribution in [2.75, 3.05) is 31.4 Å². The molecular formula is C31H35N3O4S. The fraction of sp³-hybridized carbons (Fsp3) is 0.355. The number of pyridine rings is 1. The highest BCUT2D eigenvalue weighted by Crippen LogP contribution is 2.30. The van der Waals surface area contributed by atoms with E-state index in [2.05, 4.69) is 35.4 Å². The number of nitrogens with zero attached hydrogens (tertiary/aromatic N) is 3. The minimum absolute atomic E-state index is 0.0372. The van der Waals surface area contributed by atoms with Crippen molar-refractivity contribution in [3.8, 4) is 5.75 Å². The first-order chi connectivity index (χ1) is 19.0. The van der Waals surface area contributed by atoms with Crippen molar-refractivity contribution >= 4 is 34.4 Å². The van der Waals surface area contributed by atoms with Crippen molar-refractivity contribution in [3.63, 3.8) is 0 Å². The number of benzene rings is 2. The van der Waals surface area contributed by atoms with E-state index in [4.69, 9.17) is 14.1 Å². The zero-order valence-electron chi connectivity index (χ0n) is 22.5. The van der Waals surface area contributed by atoms with Crippen LogP contribution in [0.3, 0.4) is 0 Å². The van der Waals surface area contributed by atoms with Crippen LogP contribution >= 0.6 is 11.8 Å². The number of furan rings is 1. The standard InChI is InChI=1S/C31H35N3O4S/c1-37-29-8-4-3-6-22(29)10-12-30(36)34(21-26-7-5-17-38-26)20-24-18-23-9-11-27(39-2)19-28(23)32-31(24)33-15-13-25(35)14-16-33/h3-9,11,17-19,25,35H,10,12-16,20-21H2,1-2H3. The van der Waals surface area contributed by atoms with Gasteiger partial charge >= 0.3 is 0 Å². The maximum atomic E-state index is 13.7. The van der Waals surface area contributed by atoms with Crippen LogP contribution in [0.25, 0.3) is 10.9 Å². The molecule has 1 aliphatic rings. The zero-order chi connectivity index (χ0) is 27.2. The van der Waals surface area contributed by atoms with E-state index in [9.17, 15) is 9.90 Å². The van der Waals surface area contributed by atoms with Gasteiger partial charge in [0, 0.05) is 41.9 Å². The van der Waals surface area contributed by atoms with E-state index in [0.717, 1.165) is 57.3 Å². The molecule has 1 N–H and O–H groups in total. The van der Waals surface area contributed by atoms with Crippen LogP contribution in [0.1, 0.15) is 36.1 Å². The fourth-order valence-corrected chi connectivity index (χ4v) is 5.55. The molecule has 1 saturated heterocycles. The van der Waals surface area contributed by atoms with Crippen LogP contribution in [0, 0.1) is 0 Å². The van der Waals surface area contributed by atoms with Crippen LogP contribution in [-0.2, 0) is 24.3 Å². The Morgan fingerprint density at radius 1 is 1.10 bits per heavy atom. The largest absolute Gasteiger partial charge is 0.496 e. The molecule has 5 rings (SSSR count). The summed E-state index contributed by atoms with van der Waals surface area (Å²) in [7, 11) is 1.65. The van der Waals surface area contributed by atoms with Crippen LogP contribution in [0.5, 0.6) is 5.75 Å². The maximum absolute atomic E-state index is 13.7. The quantitative estimate of drug-likeness (QED) is 0.257. The Bertz CT molecular complexity index is 1400. The summed E-state index contributed by atoms with van der Waals surface area (Å²) < 4.78 is 11.1. The van der Waals surface area contributed by atoms with Crippen molar-refractivity contribution in [2.24, 2.45) is 0 Å². The summed E-state index contributed by atoms with van der Waals surface area (Å²) in [6.45, 7) is 2.25. The Morgan fingerprint density at radius 3 is 2.67 bits per heavy atom. The molecule has 0 aliphatic carbocycles. The van der Waals surface area contributed by atoms with Gasteiger partial charge in [-0.15, -0.1) is 11.8 Å².